The van der Waals surface area contributed by atoms with Crippen molar-refractivity contribution in [3.63, 3.8) is 0 Å². The lowest BCUT2D eigenvalue weighted by molar-refractivity contribution is -0.121. The molecule has 0 saturated heterocycles. The molecule has 7 rings (SSSR count). The van der Waals surface area contributed by atoms with Gasteiger partial charge in [-0.3, -0.25) is 9.59 Å². The smallest absolute Gasteiger partial charge is 0.278 e. The average molecular weight is 609 g/mol. The van der Waals surface area contributed by atoms with E-state index in [2.05, 4.69) is 46.2 Å². The predicted octanol–water partition coefficient (Wildman–Crippen LogP) is 5.49. The van der Waals surface area contributed by atoms with E-state index >= 15 is 0 Å². The van der Waals surface area contributed by atoms with Crippen molar-refractivity contribution in [2.45, 2.75) is 77.4 Å². The number of nitrogens with zero attached hydrogens (tertiary/aromatic N) is 6. The first-order valence-corrected chi connectivity index (χ1v) is 16.1. The molecule has 234 valence electrons. The number of fused-ring (bicyclic) bond motifs is 3. The van der Waals surface area contributed by atoms with Gasteiger partial charge < -0.3 is 25.3 Å². The van der Waals surface area contributed by atoms with Crippen LogP contribution in [0.2, 0.25) is 0 Å². The normalized spacial score (nSPS) is 15.7. The van der Waals surface area contributed by atoms with Gasteiger partial charge in [0.1, 0.15) is 11.1 Å². The Labute approximate surface area is 261 Å². The fourth-order valence-corrected chi connectivity index (χ4v) is 6.48. The number of hydrogen-bond acceptors (Lipinski definition) is 7. The molecule has 1 amide bonds. The number of nitrogens with two attached hydrogens (primary N) is 1. The Morgan fingerprint density at radius 2 is 1.89 bits per heavy atom. The third kappa shape index (κ3) is 5.35. The van der Waals surface area contributed by atoms with Gasteiger partial charge in [0.25, 0.3) is 11.5 Å². The van der Waals surface area contributed by atoms with E-state index in [4.69, 9.17) is 15.5 Å². The van der Waals surface area contributed by atoms with Crippen LogP contribution in [0.1, 0.15) is 58.8 Å². The van der Waals surface area contributed by atoms with Crippen LogP contribution in [0.3, 0.4) is 0 Å². The van der Waals surface area contributed by atoms with Crippen LogP contribution in [0.25, 0.3) is 27.6 Å². The van der Waals surface area contributed by atoms with Gasteiger partial charge >= 0.3 is 0 Å². The van der Waals surface area contributed by atoms with Gasteiger partial charge in [-0.25, -0.2) is 14.3 Å². The molecule has 0 atom stereocenters. The molecule has 5 aromatic rings. The Morgan fingerprint density at radius 3 is 2.67 bits per heavy atom. The van der Waals surface area contributed by atoms with E-state index in [1.165, 1.54) is 6.42 Å². The number of carbonyl (C=O) groups excluding carboxylic acids is 1. The summed E-state index contributed by atoms with van der Waals surface area (Å²) in [5.74, 6) is 0.962. The Morgan fingerprint density at radius 1 is 1.02 bits per heavy atom. The summed E-state index contributed by atoms with van der Waals surface area (Å²) in [6.07, 6.45) is 10.7. The topological polar surface area (TPSA) is 125 Å². The third-order valence-corrected chi connectivity index (χ3v) is 9.20. The standard InChI is InChI=1S/C34H40N8O3/c1-3-5-16-41-32(44)26-21-36-33(37-24-7-9-27-23(19-24)11-17-39(27)18-14-34(35)12-6-13-34)38-31(26)42(41)25-8-10-29-28(20-25)40(15-4-2)30(43)22-45-29/h7-11,17,19-21H,3-6,12-16,18,22,35H2,1-2H3,(H,36,37,38). The molecule has 1 aliphatic heterocycles. The zero-order chi connectivity index (χ0) is 31.1. The maximum Gasteiger partial charge on any atom is 0.278 e. The number of carbonyl (C=O) groups is 1. The van der Waals surface area contributed by atoms with Crippen molar-refractivity contribution < 1.29 is 9.53 Å². The highest BCUT2D eigenvalue weighted by molar-refractivity contribution is 5.98. The second-order valence-electron chi connectivity index (χ2n) is 12.4. The van der Waals surface area contributed by atoms with Crippen LogP contribution in [0.4, 0.5) is 17.3 Å². The monoisotopic (exact) mass is 608 g/mol. The highest BCUT2D eigenvalue weighted by Crippen LogP contribution is 2.35. The SMILES string of the molecule is CCCCn1c(=O)c2cnc(Nc3ccc4c(ccn4CCC4(N)CCC4)c3)nc2n1-c1ccc2c(c1)N(CCC)C(=O)CO2. The van der Waals surface area contributed by atoms with Crippen molar-refractivity contribution in [1.29, 1.82) is 0 Å². The molecule has 1 aliphatic carbocycles. The largest absolute Gasteiger partial charge is 0.482 e. The van der Waals surface area contributed by atoms with Gasteiger partial charge in [0.2, 0.25) is 5.95 Å². The summed E-state index contributed by atoms with van der Waals surface area (Å²) in [7, 11) is 0. The van der Waals surface area contributed by atoms with Gasteiger partial charge in [0.15, 0.2) is 12.3 Å². The molecule has 1 fully saturated rings. The van der Waals surface area contributed by atoms with Crippen molar-refractivity contribution in [2.24, 2.45) is 5.73 Å². The van der Waals surface area contributed by atoms with Crippen LogP contribution in [0, 0.1) is 0 Å². The molecule has 3 N–H and O–H groups in total. The van der Waals surface area contributed by atoms with E-state index in [1.54, 1.807) is 15.8 Å². The lowest BCUT2D eigenvalue weighted by Gasteiger charge is -2.38. The number of amides is 1. The summed E-state index contributed by atoms with van der Waals surface area (Å²) in [5.41, 5.74) is 10.2. The Hall–Kier alpha value is -4.64. The van der Waals surface area contributed by atoms with Crippen LogP contribution in [-0.4, -0.2) is 48.5 Å². The number of rotatable bonds is 11. The zero-order valence-corrected chi connectivity index (χ0v) is 26.0. The van der Waals surface area contributed by atoms with E-state index in [0.29, 0.717) is 41.5 Å². The molecule has 4 heterocycles. The first-order valence-electron chi connectivity index (χ1n) is 16.1. The number of anilines is 3. The van der Waals surface area contributed by atoms with E-state index in [-0.39, 0.29) is 23.6 Å². The van der Waals surface area contributed by atoms with Crippen LogP contribution >= 0.6 is 0 Å². The van der Waals surface area contributed by atoms with Gasteiger partial charge in [-0.15, -0.1) is 0 Å². The van der Waals surface area contributed by atoms with E-state index in [9.17, 15) is 9.59 Å². The molecule has 0 unspecified atom stereocenters. The van der Waals surface area contributed by atoms with Crippen molar-refractivity contribution in [1.82, 2.24) is 23.9 Å². The lowest BCUT2D eigenvalue weighted by Crippen LogP contribution is -2.47. The number of aromatic nitrogens is 5. The Bertz CT molecular complexity index is 1950. The molecule has 2 aliphatic rings. The maximum absolute atomic E-state index is 13.6. The molecule has 1 saturated carbocycles. The number of ether oxygens (including phenoxy) is 1. The van der Waals surface area contributed by atoms with Gasteiger partial charge in [-0.2, -0.15) is 4.98 Å². The highest BCUT2D eigenvalue weighted by Gasteiger charge is 2.32. The van der Waals surface area contributed by atoms with Crippen LogP contribution in [-0.2, 0) is 17.9 Å². The first-order chi connectivity index (χ1) is 21.9. The van der Waals surface area contributed by atoms with Gasteiger partial charge in [-0.1, -0.05) is 20.3 Å². The number of aryl methyl sites for hydroxylation is 1. The molecule has 0 spiro atoms. The molecular weight excluding hydrogens is 568 g/mol. The fraction of sp³-hybridized carbons (Fsp3) is 0.412. The van der Waals surface area contributed by atoms with Crippen molar-refractivity contribution in [2.75, 3.05) is 23.4 Å². The fourth-order valence-electron chi connectivity index (χ4n) is 6.48. The second-order valence-corrected chi connectivity index (χ2v) is 12.4. The minimum atomic E-state index is -0.149. The number of unbranched alkanes of at least 4 members (excludes halogenated alkanes) is 1. The number of nitrogens with one attached hydrogen (secondary N) is 1. The summed E-state index contributed by atoms with van der Waals surface area (Å²) in [6, 6.07) is 14.0. The first kappa shape index (κ1) is 29.1. The van der Waals surface area contributed by atoms with Crippen LogP contribution < -0.4 is 26.2 Å². The molecule has 3 aromatic heterocycles. The molecule has 45 heavy (non-hydrogen) atoms. The van der Waals surface area contributed by atoms with Gasteiger partial charge in [0, 0.05) is 54.2 Å². The summed E-state index contributed by atoms with van der Waals surface area (Å²) in [6.45, 7) is 6.17. The predicted molar refractivity (Wildman–Crippen MR) is 177 cm³/mol. The molecule has 11 nitrogen and oxygen atoms in total. The van der Waals surface area contributed by atoms with E-state index in [1.807, 2.05) is 35.9 Å². The second kappa shape index (κ2) is 11.7. The zero-order valence-electron chi connectivity index (χ0n) is 26.0. The lowest BCUT2D eigenvalue weighted by atomic mass is 9.75. The molecule has 11 heteroatoms. The van der Waals surface area contributed by atoms with Gasteiger partial charge in [0.05, 0.1) is 11.4 Å². The summed E-state index contributed by atoms with van der Waals surface area (Å²) in [4.78, 5) is 37.5. The molecular formula is C34H40N8O3. The third-order valence-electron chi connectivity index (χ3n) is 9.20. The quantitative estimate of drug-likeness (QED) is 0.203. The Balaban J connectivity index is 1.24. The minimum Gasteiger partial charge on any atom is -0.482 e. The maximum atomic E-state index is 13.6. The van der Waals surface area contributed by atoms with Crippen LogP contribution in [0.15, 0.2) is 59.7 Å². The minimum absolute atomic E-state index is 0.0103. The number of benzene rings is 2. The summed E-state index contributed by atoms with van der Waals surface area (Å²) < 4.78 is 11.6. The summed E-state index contributed by atoms with van der Waals surface area (Å²) in [5, 5.41) is 4.90. The number of hydrogen-bond donors (Lipinski definition) is 2. The molecule has 0 bridgehead atoms. The van der Waals surface area contributed by atoms with E-state index < -0.39 is 0 Å². The molecule has 2 aromatic carbocycles. The van der Waals surface area contributed by atoms with E-state index in [0.717, 1.165) is 67.3 Å². The molecule has 0 radical (unpaired) electrons. The summed E-state index contributed by atoms with van der Waals surface area (Å²) >= 11 is 0. The van der Waals surface area contributed by atoms with Gasteiger partial charge in [-0.05, 0) is 81.0 Å². The average Bonchev–Trinajstić information content (AvgIpc) is 3.56. The van der Waals surface area contributed by atoms with Crippen molar-refractivity contribution >= 4 is 45.2 Å². The highest BCUT2D eigenvalue weighted by atomic mass is 16.5. The van der Waals surface area contributed by atoms with Crippen molar-refractivity contribution in [3.8, 4) is 11.4 Å². The van der Waals surface area contributed by atoms with Crippen molar-refractivity contribution in [3.05, 3.63) is 65.2 Å². The van der Waals surface area contributed by atoms with Crippen LogP contribution in [0.5, 0.6) is 5.75 Å². The Kier molecular flexibility index (Phi) is 7.56.